The summed E-state index contributed by atoms with van der Waals surface area (Å²) in [5, 5.41) is 1.05. The Morgan fingerprint density at radius 3 is 2.56 bits per heavy atom. The Hall–Kier alpha value is -1.09. The molecule has 2 rings (SSSR count). The quantitative estimate of drug-likeness (QED) is 0.863. The zero-order chi connectivity index (χ0) is 11.9. The Bertz CT molecular complexity index is 562. The lowest BCUT2D eigenvalue weighted by Gasteiger charge is -2.12. The Morgan fingerprint density at radius 2 is 1.94 bits per heavy atom. The van der Waals surface area contributed by atoms with Gasteiger partial charge < -0.3 is 5.73 Å². The maximum atomic E-state index is 6.16. The fourth-order valence-electron chi connectivity index (χ4n) is 1.96. The highest BCUT2D eigenvalue weighted by atomic mass is 79.9. The highest BCUT2D eigenvalue weighted by Gasteiger charge is 2.10. The Morgan fingerprint density at radius 1 is 1.25 bits per heavy atom. The lowest BCUT2D eigenvalue weighted by Crippen LogP contribution is -2.01. The van der Waals surface area contributed by atoms with Gasteiger partial charge in [0.2, 0.25) is 0 Å². The molecule has 0 atom stereocenters. The number of nitrogen functional groups attached to an aromatic ring is 1. The third-order valence-electron chi connectivity index (χ3n) is 3.07. The second-order valence-electron chi connectivity index (χ2n) is 4.02. The maximum Gasteiger partial charge on any atom is 0.0766 e. The molecule has 84 valence electrons. The van der Waals surface area contributed by atoms with Gasteiger partial charge in [-0.1, -0.05) is 22.9 Å². The largest absolute Gasteiger partial charge is 0.398 e. The van der Waals surface area contributed by atoms with Crippen molar-refractivity contribution in [2.75, 3.05) is 5.73 Å². The molecule has 0 amide bonds. The molecule has 0 bridgehead atoms. The molecule has 2 N–H and O–H groups in total. The van der Waals surface area contributed by atoms with Gasteiger partial charge in [-0.15, -0.1) is 0 Å². The lowest BCUT2D eigenvalue weighted by molar-refractivity contribution is 1.03. The van der Waals surface area contributed by atoms with E-state index in [0.717, 1.165) is 44.3 Å². The predicted molar refractivity (Wildman–Crippen MR) is 72.7 cm³/mol. The lowest BCUT2D eigenvalue weighted by atomic mass is 10.0. The van der Waals surface area contributed by atoms with E-state index in [4.69, 9.17) is 10.7 Å². The Labute approximate surface area is 104 Å². The number of anilines is 1. The summed E-state index contributed by atoms with van der Waals surface area (Å²) in [5.74, 6) is 0. The molecule has 0 unspecified atom stereocenters. The fraction of sp³-hybridized carbons (Fsp3) is 0.308. The van der Waals surface area contributed by atoms with Crippen LogP contribution in [0.1, 0.15) is 23.7 Å². The first kappa shape index (κ1) is 11.4. The van der Waals surface area contributed by atoms with Gasteiger partial charge in [-0.3, -0.25) is 4.98 Å². The van der Waals surface area contributed by atoms with Gasteiger partial charge >= 0.3 is 0 Å². The van der Waals surface area contributed by atoms with E-state index >= 15 is 0 Å². The van der Waals surface area contributed by atoms with Crippen LogP contribution < -0.4 is 5.73 Å². The Balaban J connectivity index is 2.93. The molecule has 0 aliphatic heterocycles. The van der Waals surface area contributed by atoms with Gasteiger partial charge in [0.1, 0.15) is 0 Å². The molecule has 3 heteroatoms. The van der Waals surface area contributed by atoms with E-state index in [1.807, 2.05) is 19.1 Å². The minimum absolute atomic E-state index is 0.859. The standard InChI is InChI=1S/C13H15BrN2/c1-4-11-8(3)12(15)9-5-6-10(14)7(2)13(9)16-11/h5-6H,4H2,1-3H3,(H2,15,16). The second kappa shape index (κ2) is 4.06. The predicted octanol–water partition coefficient (Wildman–Crippen LogP) is 3.76. The van der Waals surface area contributed by atoms with Gasteiger partial charge in [0.25, 0.3) is 0 Å². The molecule has 1 heterocycles. The van der Waals surface area contributed by atoms with Crippen LogP contribution >= 0.6 is 15.9 Å². The van der Waals surface area contributed by atoms with E-state index < -0.39 is 0 Å². The van der Waals surface area contributed by atoms with Crippen LogP contribution in [0.15, 0.2) is 16.6 Å². The van der Waals surface area contributed by atoms with Gasteiger partial charge in [0.15, 0.2) is 0 Å². The van der Waals surface area contributed by atoms with Crippen LogP contribution in [0.5, 0.6) is 0 Å². The summed E-state index contributed by atoms with van der Waals surface area (Å²) in [6.45, 7) is 6.21. The second-order valence-corrected chi connectivity index (χ2v) is 4.87. The monoisotopic (exact) mass is 278 g/mol. The van der Waals surface area contributed by atoms with Crippen molar-refractivity contribution in [2.45, 2.75) is 27.2 Å². The first-order chi connectivity index (χ1) is 7.56. The van der Waals surface area contributed by atoms with Gasteiger partial charge in [-0.05, 0) is 43.5 Å². The van der Waals surface area contributed by atoms with Crippen LogP contribution in [0.3, 0.4) is 0 Å². The average molecular weight is 279 g/mol. The van der Waals surface area contributed by atoms with Gasteiger partial charge in [-0.25, -0.2) is 0 Å². The zero-order valence-electron chi connectivity index (χ0n) is 9.76. The summed E-state index contributed by atoms with van der Waals surface area (Å²) >= 11 is 3.53. The van der Waals surface area contributed by atoms with Crippen LogP contribution in [0.4, 0.5) is 5.69 Å². The highest BCUT2D eigenvalue weighted by Crippen LogP contribution is 2.31. The van der Waals surface area contributed by atoms with E-state index in [0.29, 0.717) is 0 Å². The summed E-state index contributed by atoms with van der Waals surface area (Å²) in [4.78, 5) is 4.70. The van der Waals surface area contributed by atoms with Crippen molar-refractivity contribution >= 4 is 32.5 Å². The third-order valence-corrected chi connectivity index (χ3v) is 3.93. The summed E-state index contributed by atoms with van der Waals surface area (Å²) in [7, 11) is 0. The van der Waals surface area contributed by atoms with E-state index in [1.165, 1.54) is 0 Å². The smallest absolute Gasteiger partial charge is 0.0766 e. The van der Waals surface area contributed by atoms with E-state index in [2.05, 4.69) is 29.8 Å². The number of aromatic nitrogens is 1. The number of fused-ring (bicyclic) bond motifs is 1. The molecule has 0 saturated carbocycles. The molecule has 0 fully saturated rings. The molecule has 1 aromatic carbocycles. The Kier molecular flexibility index (Phi) is 2.89. The molecule has 0 aliphatic carbocycles. The fourth-order valence-corrected chi connectivity index (χ4v) is 2.28. The number of nitrogens with zero attached hydrogens (tertiary/aromatic N) is 1. The van der Waals surface area contributed by atoms with E-state index in [1.54, 1.807) is 0 Å². The number of hydrogen-bond donors (Lipinski definition) is 1. The van der Waals surface area contributed by atoms with Crippen LogP contribution in [0.2, 0.25) is 0 Å². The summed E-state index contributed by atoms with van der Waals surface area (Å²) in [6.07, 6.45) is 0.915. The zero-order valence-corrected chi connectivity index (χ0v) is 11.4. The van der Waals surface area contributed by atoms with E-state index in [-0.39, 0.29) is 0 Å². The van der Waals surface area contributed by atoms with Gasteiger partial charge in [0.05, 0.1) is 5.52 Å². The minimum atomic E-state index is 0.859. The molecule has 16 heavy (non-hydrogen) atoms. The van der Waals surface area contributed by atoms with Crippen molar-refractivity contribution in [3.63, 3.8) is 0 Å². The topological polar surface area (TPSA) is 38.9 Å². The molecule has 2 aromatic rings. The molecule has 0 aliphatic rings. The molecular weight excluding hydrogens is 264 g/mol. The molecule has 2 nitrogen and oxygen atoms in total. The van der Waals surface area contributed by atoms with Crippen molar-refractivity contribution in [1.82, 2.24) is 4.98 Å². The molecule has 0 radical (unpaired) electrons. The summed E-state index contributed by atoms with van der Waals surface area (Å²) < 4.78 is 1.08. The van der Waals surface area contributed by atoms with Gasteiger partial charge in [-0.2, -0.15) is 0 Å². The van der Waals surface area contributed by atoms with Crippen LogP contribution in [-0.2, 0) is 6.42 Å². The van der Waals surface area contributed by atoms with Crippen molar-refractivity contribution in [3.05, 3.63) is 33.4 Å². The SMILES string of the molecule is CCc1nc2c(C)c(Br)ccc2c(N)c1C. The average Bonchev–Trinajstić information content (AvgIpc) is 2.28. The van der Waals surface area contributed by atoms with Crippen molar-refractivity contribution in [2.24, 2.45) is 0 Å². The number of hydrogen-bond acceptors (Lipinski definition) is 2. The van der Waals surface area contributed by atoms with Crippen LogP contribution in [0, 0.1) is 13.8 Å². The van der Waals surface area contributed by atoms with Crippen molar-refractivity contribution in [1.29, 1.82) is 0 Å². The van der Waals surface area contributed by atoms with Crippen LogP contribution in [-0.4, -0.2) is 4.98 Å². The first-order valence-corrected chi connectivity index (χ1v) is 6.19. The maximum absolute atomic E-state index is 6.16. The number of rotatable bonds is 1. The first-order valence-electron chi connectivity index (χ1n) is 5.40. The number of benzene rings is 1. The van der Waals surface area contributed by atoms with Gasteiger partial charge in [0, 0.05) is 21.2 Å². The normalized spacial score (nSPS) is 11.0. The number of halogens is 1. The van der Waals surface area contributed by atoms with Crippen molar-refractivity contribution < 1.29 is 0 Å². The molecule has 0 saturated heterocycles. The number of pyridine rings is 1. The number of aryl methyl sites for hydroxylation is 2. The summed E-state index contributed by atoms with van der Waals surface area (Å²) in [6, 6.07) is 4.06. The molecule has 0 spiro atoms. The third kappa shape index (κ3) is 1.59. The summed E-state index contributed by atoms with van der Waals surface area (Å²) in [5.41, 5.74) is 11.4. The molecule has 1 aromatic heterocycles. The van der Waals surface area contributed by atoms with Crippen LogP contribution in [0.25, 0.3) is 10.9 Å². The molecular formula is C13H15BrN2. The van der Waals surface area contributed by atoms with Crippen molar-refractivity contribution in [3.8, 4) is 0 Å². The highest BCUT2D eigenvalue weighted by molar-refractivity contribution is 9.10. The number of nitrogens with two attached hydrogens (primary N) is 1. The van der Waals surface area contributed by atoms with E-state index in [9.17, 15) is 0 Å². The minimum Gasteiger partial charge on any atom is -0.398 e.